The first-order valence-corrected chi connectivity index (χ1v) is 9.30. The van der Waals surface area contributed by atoms with E-state index in [1.165, 1.54) is 19.2 Å². The molecule has 1 heterocycles. The second-order valence-electron chi connectivity index (χ2n) is 5.94. The van der Waals surface area contributed by atoms with Crippen molar-refractivity contribution in [2.45, 2.75) is 18.7 Å². The Labute approximate surface area is 152 Å². The minimum atomic E-state index is -3.87. The van der Waals surface area contributed by atoms with E-state index >= 15 is 0 Å². The Bertz CT molecular complexity index is 1080. The molecule has 0 atom stereocenters. The largest absolute Gasteiger partial charge is 0.418 e. The number of anilines is 1. The molecule has 3 aromatic rings. The van der Waals surface area contributed by atoms with E-state index in [-0.39, 0.29) is 22.4 Å². The first-order valence-electron chi connectivity index (χ1n) is 7.86. The van der Waals surface area contributed by atoms with Crippen LogP contribution in [0.1, 0.15) is 16.8 Å². The van der Waals surface area contributed by atoms with Gasteiger partial charge in [-0.25, -0.2) is 12.7 Å². The van der Waals surface area contributed by atoms with Crippen LogP contribution in [-0.4, -0.2) is 20.4 Å². The zero-order valence-corrected chi connectivity index (χ0v) is 15.4. The van der Waals surface area contributed by atoms with Crippen molar-refractivity contribution in [3.63, 3.8) is 0 Å². The maximum Gasteiger partial charge on any atom is 0.266 e. The van der Waals surface area contributed by atoms with Crippen molar-refractivity contribution in [1.82, 2.24) is 4.98 Å². The number of oxazole rings is 1. The van der Waals surface area contributed by atoms with Crippen molar-refractivity contribution in [1.29, 1.82) is 5.26 Å². The van der Waals surface area contributed by atoms with E-state index in [1.54, 1.807) is 24.3 Å². The molecule has 0 bridgehead atoms. The zero-order valence-electron chi connectivity index (χ0n) is 14.6. The summed E-state index contributed by atoms with van der Waals surface area (Å²) in [5.41, 5.74) is 2.60. The molecule has 7 heteroatoms. The molecule has 0 radical (unpaired) electrons. The fourth-order valence-electron chi connectivity index (χ4n) is 2.40. The number of rotatable bonds is 4. The molecule has 0 amide bonds. The van der Waals surface area contributed by atoms with E-state index in [2.05, 4.69) is 4.98 Å². The minimum absolute atomic E-state index is 0.0845. The van der Waals surface area contributed by atoms with Gasteiger partial charge in [0.2, 0.25) is 17.5 Å². The monoisotopic (exact) mass is 367 g/mol. The summed E-state index contributed by atoms with van der Waals surface area (Å²) in [6.07, 6.45) is 0. The molecule has 0 saturated carbocycles. The third-order valence-corrected chi connectivity index (χ3v) is 5.73. The van der Waals surface area contributed by atoms with Gasteiger partial charge < -0.3 is 4.42 Å². The van der Waals surface area contributed by atoms with Gasteiger partial charge in [0, 0.05) is 12.6 Å². The van der Waals surface area contributed by atoms with Crippen molar-refractivity contribution in [2.75, 3.05) is 11.4 Å². The van der Waals surface area contributed by atoms with E-state index in [9.17, 15) is 13.7 Å². The van der Waals surface area contributed by atoms with E-state index in [4.69, 9.17) is 4.42 Å². The Morgan fingerprint density at radius 3 is 2.08 bits per heavy atom. The molecule has 6 nitrogen and oxygen atoms in total. The smallest absolute Gasteiger partial charge is 0.266 e. The van der Waals surface area contributed by atoms with Gasteiger partial charge in [0.15, 0.2) is 0 Å². The summed E-state index contributed by atoms with van der Waals surface area (Å²) in [7, 11) is -2.53. The second-order valence-corrected chi connectivity index (χ2v) is 7.91. The third kappa shape index (κ3) is 3.19. The molecule has 26 heavy (non-hydrogen) atoms. The SMILES string of the molecule is Cc1ccc(-c2nc(C#N)c(N(C)S(=O)(=O)c3ccc(C)cc3)o2)cc1. The van der Waals surface area contributed by atoms with Crippen LogP contribution in [0, 0.1) is 25.2 Å². The number of sulfonamides is 1. The molecule has 132 valence electrons. The number of aryl methyl sites for hydroxylation is 2. The van der Waals surface area contributed by atoms with Crippen molar-refractivity contribution >= 4 is 15.9 Å². The van der Waals surface area contributed by atoms with Gasteiger partial charge in [0.05, 0.1) is 4.90 Å². The lowest BCUT2D eigenvalue weighted by molar-refractivity contribution is 0.563. The van der Waals surface area contributed by atoms with Crippen LogP contribution in [0.3, 0.4) is 0 Å². The fourth-order valence-corrected chi connectivity index (χ4v) is 3.53. The van der Waals surface area contributed by atoms with Crippen LogP contribution in [0.5, 0.6) is 0 Å². The van der Waals surface area contributed by atoms with Crippen molar-refractivity contribution in [2.24, 2.45) is 0 Å². The van der Waals surface area contributed by atoms with Crippen molar-refractivity contribution in [3.05, 3.63) is 65.4 Å². The van der Waals surface area contributed by atoms with Crippen LogP contribution in [0.15, 0.2) is 57.8 Å². The summed E-state index contributed by atoms with van der Waals surface area (Å²) < 4.78 is 32.2. The molecule has 3 rings (SSSR count). The van der Waals surface area contributed by atoms with Crippen LogP contribution in [0.2, 0.25) is 0 Å². The van der Waals surface area contributed by atoms with Crippen molar-refractivity contribution in [3.8, 4) is 17.5 Å². The molecule has 1 aromatic heterocycles. The van der Waals surface area contributed by atoms with Gasteiger partial charge in [-0.2, -0.15) is 10.2 Å². The molecule has 2 aromatic carbocycles. The lowest BCUT2D eigenvalue weighted by Crippen LogP contribution is -2.26. The Kier molecular flexibility index (Phi) is 4.53. The highest BCUT2D eigenvalue weighted by Gasteiger charge is 2.28. The Morgan fingerprint density at radius 1 is 1.00 bits per heavy atom. The van der Waals surface area contributed by atoms with Crippen LogP contribution < -0.4 is 4.31 Å². The summed E-state index contributed by atoms with van der Waals surface area (Å²) >= 11 is 0. The maximum absolute atomic E-state index is 12.8. The molecular formula is C19H17N3O3S. The molecule has 0 aliphatic carbocycles. The number of nitriles is 1. The van der Waals surface area contributed by atoms with Crippen LogP contribution in [0.4, 0.5) is 5.88 Å². The van der Waals surface area contributed by atoms with E-state index in [0.717, 1.165) is 15.4 Å². The molecule has 0 aliphatic rings. The molecular weight excluding hydrogens is 350 g/mol. The third-order valence-electron chi connectivity index (χ3n) is 3.98. The fraction of sp³-hybridized carbons (Fsp3) is 0.158. The topological polar surface area (TPSA) is 87.2 Å². The number of aromatic nitrogens is 1. The van der Waals surface area contributed by atoms with Gasteiger partial charge in [-0.3, -0.25) is 0 Å². The molecule has 0 fully saturated rings. The van der Waals surface area contributed by atoms with Crippen LogP contribution >= 0.6 is 0 Å². The summed E-state index contributed by atoms with van der Waals surface area (Å²) in [6, 6.07) is 15.7. The second kappa shape index (κ2) is 6.65. The average molecular weight is 367 g/mol. The molecule has 0 aliphatic heterocycles. The van der Waals surface area contributed by atoms with Gasteiger partial charge in [-0.15, -0.1) is 0 Å². The van der Waals surface area contributed by atoms with Gasteiger partial charge in [-0.05, 0) is 38.1 Å². The highest BCUT2D eigenvalue weighted by Crippen LogP contribution is 2.30. The summed E-state index contributed by atoms with van der Waals surface area (Å²) in [6.45, 7) is 3.83. The molecule has 0 spiro atoms. The Balaban J connectivity index is 2.04. The summed E-state index contributed by atoms with van der Waals surface area (Å²) in [5, 5.41) is 9.35. The minimum Gasteiger partial charge on any atom is -0.418 e. The normalized spacial score (nSPS) is 11.2. The molecule has 0 unspecified atom stereocenters. The van der Waals surface area contributed by atoms with Crippen LogP contribution in [-0.2, 0) is 10.0 Å². The number of hydrogen-bond acceptors (Lipinski definition) is 5. The Morgan fingerprint density at radius 2 is 1.54 bits per heavy atom. The first-order chi connectivity index (χ1) is 12.3. The van der Waals surface area contributed by atoms with E-state index < -0.39 is 10.0 Å². The lowest BCUT2D eigenvalue weighted by atomic mass is 10.1. The van der Waals surface area contributed by atoms with E-state index in [1.807, 2.05) is 32.0 Å². The standard InChI is InChI=1S/C19H17N3O3S/c1-13-4-8-15(9-5-13)18-21-17(12-20)19(25-18)22(3)26(23,24)16-10-6-14(2)7-11-16/h4-11H,1-3H3. The maximum atomic E-state index is 12.8. The molecule has 0 saturated heterocycles. The number of benzene rings is 2. The highest BCUT2D eigenvalue weighted by molar-refractivity contribution is 7.92. The average Bonchev–Trinajstić information content (AvgIpc) is 3.06. The first kappa shape index (κ1) is 17.7. The lowest BCUT2D eigenvalue weighted by Gasteiger charge is -2.16. The summed E-state index contributed by atoms with van der Waals surface area (Å²) in [5.74, 6) is 0.0890. The van der Waals surface area contributed by atoms with Gasteiger partial charge in [0.1, 0.15) is 6.07 Å². The predicted octanol–water partition coefficient (Wildman–Crippen LogP) is 3.66. The van der Waals surface area contributed by atoms with Gasteiger partial charge >= 0.3 is 0 Å². The summed E-state index contributed by atoms with van der Waals surface area (Å²) in [4.78, 5) is 4.25. The van der Waals surface area contributed by atoms with Crippen LogP contribution in [0.25, 0.3) is 11.5 Å². The zero-order chi connectivity index (χ0) is 18.9. The van der Waals surface area contributed by atoms with Crippen molar-refractivity contribution < 1.29 is 12.8 Å². The predicted molar refractivity (Wildman–Crippen MR) is 98.2 cm³/mol. The van der Waals surface area contributed by atoms with E-state index in [0.29, 0.717) is 5.56 Å². The number of hydrogen-bond donors (Lipinski definition) is 0. The number of nitrogens with zero attached hydrogens (tertiary/aromatic N) is 3. The van der Waals surface area contributed by atoms with Gasteiger partial charge in [0.25, 0.3) is 10.0 Å². The quantitative estimate of drug-likeness (QED) is 0.702. The highest BCUT2D eigenvalue weighted by atomic mass is 32.2. The Hall–Kier alpha value is -3.11. The molecule has 0 N–H and O–H groups in total. The van der Waals surface area contributed by atoms with Gasteiger partial charge in [-0.1, -0.05) is 35.4 Å².